The molecule has 1 rings (SSSR count). The Morgan fingerprint density at radius 2 is 1.67 bits per heavy atom. The molecule has 0 heterocycles. The van der Waals surface area contributed by atoms with E-state index in [1.54, 1.807) is 19.2 Å². The molecule has 0 N–H and O–H groups in total. The maximum atomic E-state index is 10.8. The SMILES string of the molecule is COCCCOc1c(OC)cc(C=O)cc1OC. The van der Waals surface area contributed by atoms with Crippen molar-refractivity contribution in [2.24, 2.45) is 0 Å². The smallest absolute Gasteiger partial charge is 0.203 e. The van der Waals surface area contributed by atoms with Crippen molar-refractivity contribution in [2.45, 2.75) is 6.42 Å². The van der Waals surface area contributed by atoms with Crippen LogP contribution < -0.4 is 14.2 Å². The number of hydrogen-bond donors (Lipinski definition) is 0. The summed E-state index contributed by atoms with van der Waals surface area (Å²) in [4.78, 5) is 10.8. The molecule has 0 unspecified atom stereocenters. The van der Waals surface area contributed by atoms with Crippen LogP contribution in [0.2, 0.25) is 0 Å². The van der Waals surface area contributed by atoms with Gasteiger partial charge < -0.3 is 18.9 Å². The van der Waals surface area contributed by atoms with Gasteiger partial charge in [-0.1, -0.05) is 0 Å². The van der Waals surface area contributed by atoms with Gasteiger partial charge in [0.1, 0.15) is 6.29 Å². The molecule has 0 saturated heterocycles. The van der Waals surface area contributed by atoms with Crippen molar-refractivity contribution in [2.75, 3.05) is 34.5 Å². The van der Waals surface area contributed by atoms with E-state index in [1.807, 2.05) is 0 Å². The van der Waals surface area contributed by atoms with Crippen LogP contribution in [-0.4, -0.2) is 40.8 Å². The molecule has 0 radical (unpaired) electrons. The number of ether oxygens (including phenoxy) is 4. The molecule has 0 aliphatic heterocycles. The second-order valence-corrected chi connectivity index (χ2v) is 3.57. The van der Waals surface area contributed by atoms with Crippen LogP contribution in [0, 0.1) is 0 Å². The Morgan fingerprint density at radius 1 is 1.06 bits per heavy atom. The van der Waals surface area contributed by atoms with Gasteiger partial charge in [0.15, 0.2) is 11.5 Å². The highest BCUT2D eigenvalue weighted by Crippen LogP contribution is 2.38. The molecule has 18 heavy (non-hydrogen) atoms. The van der Waals surface area contributed by atoms with E-state index in [0.717, 1.165) is 12.7 Å². The fourth-order valence-electron chi connectivity index (χ4n) is 1.49. The average Bonchev–Trinajstić information content (AvgIpc) is 2.42. The summed E-state index contributed by atoms with van der Waals surface area (Å²) in [6.07, 6.45) is 1.50. The minimum absolute atomic E-state index is 0.480. The molecule has 0 saturated carbocycles. The van der Waals surface area contributed by atoms with Crippen LogP contribution in [0.3, 0.4) is 0 Å². The number of aldehydes is 1. The normalized spacial score (nSPS) is 9.94. The van der Waals surface area contributed by atoms with Crippen LogP contribution in [0.15, 0.2) is 12.1 Å². The maximum absolute atomic E-state index is 10.8. The van der Waals surface area contributed by atoms with E-state index in [9.17, 15) is 4.79 Å². The standard InChI is InChI=1S/C13H18O5/c1-15-5-4-6-18-13-11(16-2)7-10(9-14)8-12(13)17-3/h7-9H,4-6H2,1-3H3. The average molecular weight is 254 g/mol. The summed E-state index contributed by atoms with van der Waals surface area (Å²) < 4.78 is 20.9. The van der Waals surface area contributed by atoms with Gasteiger partial charge >= 0.3 is 0 Å². The third-order valence-electron chi connectivity index (χ3n) is 2.36. The molecular formula is C13H18O5. The quantitative estimate of drug-likeness (QED) is 0.524. The lowest BCUT2D eigenvalue weighted by atomic mass is 10.2. The van der Waals surface area contributed by atoms with Crippen molar-refractivity contribution in [1.29, 1.82) is 0 Å². The molecule has 0 aliphatic rings. The molecule has 1 aromatic carbocycles. The second kappa shape index (κ2) is 7.55. The van der Waals surface area contributed by atoms with Gasteiger partial charge in [-0.05, 0) is 12.1 Å². The second-order valence-electron chi connectivity index (χ2n) is 3.57. The van der Waals surface area contributed by atoms with Crippen molar-refractivity contribution in [3.05, 3.63) is 17.7 Å². The van der Waals surface area contributed by atoms with Crippen LogP contribution in [0.1, 0.15) is 16.8 Å². The Kier molecular flexibility index (Phi) is 6.00. The van der Waals surface area contributed by atoms with Crippen molar-refractivity contribution in [1.82, 2.24) is 0 Å². The molecule has 0 bridgehead atoms. The zero-order chi connectivity index (χ0) is 13.4. The number of rotatable bonds is 8. The number of methoxy groups -OCH3 is 3. The molecule has 100 valence electrons. The first-order valence-corrected chi connectivity index (χ1v) is 5.59. The van der Waals surface area contributed by atoms with Crippen molar-refractivity contribution < 1.29 is 23.7 Å². The largest absolute Gasteiger partial charge is 0.493 e. The monoisotopic (exact) mass is 254 g/mol. The number of benzene rings is 1. The van der Waals surface area contributed by atoms with E-state index >= 15 is 0 Å². The van der Waals surface area contributed by atoms with Crippen LogP contribution in [-0.2, 0) is 4.74 Å². The molecule has 0 aromatic heterocycles. The van der Waals surface area contributed by atoms with E-state index in [0.29, 0.717) is 36.0 Å². The highest BCUT2D eigenvalue weighted by atomic mass is 16.5. The maximum Gasteiger partial charge on any atom is 0.203 e. The molecule has 5 nitrogen and oxygen atoms in total. The summed E-state index contributed by atoms with van der Waals surface area (Å²) in [5.41, 5.74) is 0.480. The molecule has 0 atom stereocenters. The predicted octanol–water partition coefficient (Wildman–Crippen LogP) is 1.93. The Labute approximate surface area is 107 Å². The van der Waals surface area contributed by atoms with Gasteiger partial charge in [0.2, 0.25) is 5.75 Å². The van der Waals surface area contributed by atoms with Crippen molar-refractivity contribution in [3.8, 4) is 17.2 Å². The molecule has 5 heteroatoms. The summed E-state index contributed by atoms with van der Waals surface area (Å²) in [6.45, 7) is 1.11. The van der Waals surface area contributed by atoms with Gasteiger partial charge in [0.05, 0.1) is 20.8 Å². The van der Waals surface area contributed by atoms with Crippen molar-refractivity contribution >= 4 is 6.29 Å². The Bertz CT molecular complexity index is 364. The Balaban J connectivity index is 2.89. The summed E-state index contributed by atoms with van der Waals surface area (Å²) in [5, 5.41) is 0. The fourth-order valence-corrected chi connectivity index (χ4v) is 1.49. The topological polar surface area (TPSA) is 54.0 Å². The van der Waals surface area contributed by atoms with Gasteiger partial charge in [0, 0.05) is 25.7 Å². The number of carbonyl (C=O) groups is 1. The van der Waals surface area contributed by atoms with Gasteiger partial charge in [-0.3, -0.25) is 4.79 Å². The summed E-state index contributed by atoms with van der Waals surface area (Å²) in [5.74, 6) is 1.46. The lowest BCUT2D eigenvalue weighted by Gasteiger charge is -2.14. The summed E-state index contributed by atoms with van der Waals surface area (Å²) in [7, 11) is 4.68. The third kappa shape index (κ3) is 3.63. The predicted molar refractivity (Wildman–Crippen MR) is 66.9 cm³/mol. The van der Waals surface area contributed by atoms with Crippen molar-refractivity contribution in [3.63, 3.8) is 0 Å². The first-order valence-electron chi connectivity index (χ1n) is 5.59. The highest BCUT2D eigenvalue weighted by Gasteiger charge is 2.13. The first-order chi connectivity index (χ1) is 8.76. The zero-order valence-corrected chi connectivity index (χ0v) is 10.9. The third-order valence-corrected chi connectivity index (χ3v) is 2.36. The lowest BCUT2D eigenvalue weighted by Crippen LogP contribution is -2.04. The highest BCUT2D eigenvalue weighted by molar-refractivity contribution is 5.78. The summed E-state index contributed by atoms with van der Waals surface area (Å²) >= 11 is 0. The molecule has 0 amide bonds. The van der Waals surface area contributed by atoms with Crippen LogP contribution in [0.5, 0.6) is 17.2 Å². The molecule has 1 aromatic rings. The van der Waals surface area contributed by atoms with Gasteiger partial charge in [-0.2, -0.15) is 0 Å². The van der Waals surface area contributed by atoms with E-state index in [2.05, 4.69) is 0 Å². The van der Waals surface area contributed by atoms with E-state index < -0.39 is 0 Å². The summed E-state index contributed by atoms with van der Waals surface area (Å²) in [6, 6.07) is 3.22. The zero-order valence-electron chi connectivity index (χ0n) is 10.9. The number of carbonyl (C=O) groups excluding carboxylic acids is 1. The molecule has 0 spiro atoms. The van der Waals surface area contributed by atoms with E-state index in [4.69, 9.17) is 18.9 Å². The molecular weight excluding hydrogens is 236 g/mol. The van der Waals surface area contributed by atoms with E-state index in [-0.39, 0.29) is 0 Å². The molecule has 0 aliphatic carbocycles. The first kappa shape index (κ1) is 14.3. The fraction of sp³-hybridized carbons (Fsp3) is 0.462. The minimum atomic E-state index is 0.480. The lowest BCUT2D eigenvalue weighted by molar-refractivity contribution is 0.112. The van der Waals surface area contributed by atoms with E-state index in [1.165, 1.54) is 14.2 Å². The van der Waals surface area contributed by atoms with Crippen LogP contribution in [0.4, 0.5) is 0 Å². The minimum Gasteiger partial charge on any atom is -0.493 e. The van der Waals surface area contributed by atoms with Crippen LogP contribution >= 0.6 is 0 Å². The van der Waals surface area contributed by atoms with Gasteiger partial charge in [-0.15, -0.1) is 0 Å². The number of hydrogen-bond acceptors (Lipinski definition) is 5. The Morgan fingerprint density at radius 3 is 2.11 bits per heavy atom. The Hall–Kier alpha value is -1.75. The van der Waals surface area contributed by atoms with Crippen LogP contribution in [0.25, 0.3) is 0 Å². The van der Waals surface area contributed by atoms with Gasteiger partial charge in [0.25, 0.3) is 0 Å². The van der Waals surface area contributed by atoms with Gasteiger partial charge in [-0.25, -0.2) is 0 Å². The molecule has 0 fully saturated rings.